The first-order valence-electron chi connectivity index (χ1n) is 8.41. The Bertz CT molecular complexity index is 1020. The molecule has 2 aromatic heterocycles. The number of hydrogen-bond acceptors (Lipinski definition) is 6. The lowest BCUT2D eigenvalue weighted by molar-refractivity contribution is 0.0963. The molecule has 0 unspecified atom stereocenters. The number of nitrogens with one attached hydrogen (secondary N) is 1. The summed E-state index contributed by atoms with van der Waals surface area (Å²) in [6, 6.07) is 7.17. The summed E-state index contributed by atoms with van der Waals surface area (Å²) < 4.78 is 10.7. The number of Topliss-reactive ketones (excluding diaryl/α,β-unsaturated/α-hetero) is 1. The summed E-state index contributed by atoms with van der Waals surface area (Å²) in [5, 5.41) is 6.74. The zero-order valence-electron chi connectivity index (χ0n) is 14.5. The van der Waals surface area contributed by atoms with Gasteiger partial charge in [-0.2, -0.15) is 4.98 Å². The molecule has 0 atom stereocenters. The van der Waals surface area contributed by atoms with Gasteiger partial charge in [0.2, 0.25) is 11.7 Å². The van der Waals surface area contributed by atoms with E-state index in [1.54, 1.807) is 32.0 Å². The molecule has 1 N–H and O–H groups in total. The summed E-state index contributed by atoms with van der Waals surface area (Å²) in [7, 11) is 0. The third-order valence-electron chi connectivity index (χ3n) is 4.46. The monoisotopic (exact) mass is 351 g/mol. The number of aromatic nitrogens is 2. The normalized spacial score (nSPS) is 13.5. The Hall–Kier alpha value is -3.22. The summed E-state index contributed by atoms with van der Waals surface area (Å²) in [6.07, 6.45) is 1.92. The lowest BCUT2D eigenvalue weighted by atomic mass is 9.94. The number of carbonyl (C=O) groups excluding carboxylic acids is 2. The average Bonchev–Trinajstić information content (AvgIpc) is 3.20. The van der Waals surface area contributed by atoms with Gasteiger partial charge in [-0.3, -0.25) is 9.59 Å². The van der Waals surface area contributed by atoms with Crippen LogP contribution in [0.4, 0.5) is 5.69 Å². The molecular formula is C19H17N3O4. The van der Waals surface area contributed by atoms with Crippen molar-refractivity contribution in [3.63, 3.8) is 0 Å². The first kappa shape index (κ1) is 16.3. The highest BCUT2D eigenvalue weighted by Gasteiger charge is 2.29. The number of carbonyl (C=O) groups is 2. The van der Waals surface area contributed by atoms with Crippen LogP contribution in [0.1, 0.15) is 51.0 Å². The van der Waals surface area contributed by atoms with Crippen molar-refractivity contribution < 1.29 is 18.5 Å². The molecule has 0 aliphatic heterocycles. The van der Waals surface area contributed by atoms with Crippen LogP contribution >= 0.6 is 0 Å². The average molecular weight is 351 g/mol. The molecule has 2 heterocycles. The van der Waals surface area contributed by atoms with Crippen molar-refractivity contribution in [1.29, 1.82) is 0 Å². The Labute approximate surface area is 149 Å². The Morgan fingerprint density at radius 1 is 1.19 bits per heavy atom. The number of rotatable bonds is 3. The summed E-state index contributed by atoms with van der Waals surface area (Å²) in [5.74, 6) is 1.24. The van der Waals surface area contributed by atoms with Crippen LogP contribution in [0.2, 0.25) is 0 Å². The molecule has 1 aromatic carbocycles. The Morgan fingerprint density at radius 3 is 2.73 bits per heavy atom. The fraction of sp³-hybridized carbons (Fsp3) is 0.263. The summed E-state index contributed by atoms with van der Waals surface area (Å²) in [4.78, 5) is 29.1. The van der Waals surface area contributed by atoms with Gasteiger partial charge in [0.05, 0.1) is 11.3 Å². The molecule has 4 rings (SSSR count). The second kappa shape index (κ2) is 6.25. The van der Waals surface area contributed by atoms with E-state index in [2.05, 4.69) is 15.5 Å². The van der Waals surface area contributed by atoms with E-state index >= 15 is 0 Å². The Kier molecular flexibility index (Phi) is 3.91. The lowest BCUT2D eigenvalue weighted by Gasteiger charge is -2.08. The van der Waals surface area contributed by atoms with Gasteiger partial charge in [-0.25, -0.2) is 0 Å². The van der Waals surface area contributed by atoms with E-state index in [1.165, 1.54) is 0 Å². The molecule has 7 heteroatoms. The summed E-state index contributed by atoms with van der Waals surface area (Å²) >= 11 is 0. The van der Waals surface area contributed by atoms with Crippen molar-refractivity contribution in [2.75, 3.05) is 5.32 Å². The zero-order chi connectivity index (χ0) is 18.3. The standard InChI is InChI=1S/C19H17N3O4/c1-10-16-14(23)8-5-9-15(16)25-17(10)19(24)21-13-7-4-3-6-12(13)18-20-11(2)26-22-18/h3-4,6-7H,5,8-9H2,1-2H3,(H,21,24). The van der Waals surface area contributed by atoms with Gasteiger partial charge >= 0.3 is 0 Å². The number of ketones is 1. The molecule has 0 bridgehead atoms. The van der Waals surface area contributed by atoms with Crippen LogP contribution < -0.4 is 5.32 Å². The van der Waals surface area contributed by atoms with Crippen molar-refractivity contribution in [3.8, 4) is 11.4 Å². The summed E-state index contributed by atoms with van der Waals surface area (Å²) in [5.41, 5.74) is 2.33. The van der Waals surface area contributed by atoms with Crippen LogP contribution in [-0.2, 0) is 6.42 Å². The first-order valence-corrected chi connectivity index (χ1v) is 8.41. The number of para-hydroxylation sites is 1. The van der Waals surface area contributed by atoms with Gasteiger partial charge in [0.25, 0.3) is 5.91 Å². The molecule has 0 saturated carbocycles. The molecule has 1 aliphatic rings. The van der Waals surface area contributed by atoms with E-state index in [1.807, 2.05) is 6.07 Å². The van der Waals surface area contributed by atoms with Crippen molar-refractivity contribution >= 4 is 17.4 Å². The molecule has 1 aliphatic carbocycles. The molecule has 0 radical (unpaired) electrons. The lowest BCUT2D eigenvalue weighted by Crippen LogP contribution is -2.14. The maximum Gasteiger partial charge on any atom is 0.291 e. The zero-order valence-corrected chi connectivity index (χ0v) is 14.5. The third kappa shape index (κ3) is 2.71. The molecule has 7 nitrogen and oxygen atoms in total. The minimum atomic E-state index is -0.405. The van der Waals surface area contributed by atoms with Crippen molar-refractivity contribution in [2.45, 2.75) is 33.1 Å². The molecule has 3 aromatic rings. The summed E-state index contributed by atoms with van der Waals surface area (Å²) in [6.45, 7) is 3.44. The fourth-order valence-electron chi connectivity index (χ4n) is 3.24. The second-order valence-electron chi connectivity index (χ2n) is 6.27. The number of aryl methyl sites for hydroxylation is 2. The van der Waals surface area contributed by atoms with Gasteiger partial charge in [-0.05, 0) is 25.5 Å². The smallest absolute Gasteiger partial charge is 0.291 e. The van der Waals surface area contributed by atoms with Gasteiger partial charge in [0.15, 0.2) is 11.5 Å². The minimum Gasteiger partial charge on any atom is -0.455 e. The maximum atomic E-state index is 12.8. The molecule has 132 valence electrons. The number of hydrogen-bond donors (Lipinski definition) is 1. The first-order chi connectivity index (χ1) is 12.5. The van der Waals surface area contributed by atoms with Crippen LogP contribution in [-0.4, -0.2) is 21.8 Å². The molecular weight excluding hydrogens is 334 g/mol. The second-order valence-corrected chi connectivity index (χ2v) is 6.27. The van der Waals surface area contributed by atoms with E-state index in [0.29, 0.717) is 52.7 Å². The van der Waals surface area contributed by atoms with E-state index in [0.717, 1.165) is 6.42 Å². The van der Waals surface area contributed by atoms with Crippen LogP contribution in [0.15, 0.2) is 33.2 Å². The van der Waals surface area contributed by atoms with Crippen molar-refractivity contribution in [3.05, 3.63) is 52.8 Å². The Balaban J connectivity index is 1.67. The highest BCUT2D eigenvalue weighted by atomic mass is 16.5. The third-order valence-corrected chi connectivity index (χ3v) is 4.46. The highest BCUT2D eigenvalue weighted by molar-refractivity contribution is 6.08. The van der Waals surface area contributed by atoms with Crippen molar-refractivity contribution in [1.82, 2.24) is 10.1 Å². The maximum absolute atomic E-state index is 12.8. The molecule has 0 spiro atoms. The van der Waals surface area contributed by atoms with Crippen LogP contribution in [0.3, 0.4) is 0 Å². The van der Waals surface area contributed by atoms with Gasteiger partial charge in [0.1, 0.15) is 5.76 Å². The SMILES string of the molecule is Cc1nc(-c2ccccc2NC(=O)c2oc3c(c2C)C(=O)CCC3)no1. The number of furan rings is 1. The number of fused-ring (bicyclic) bond motifs is 1. The van der Waals surface area contributed by atoms with Crippen LogP contribution in [0.25, 0.3) is 11.4 Å². The molecule has 26 heavy (non-hydrogen) atoms. The van der Waals surface area contributed by atoms with Crippen LogP contribution in [0, 0.1) is 13.8 Å². The largest absolute Gasteiger partial charge is 0.455 e. The number of nitrogens with zero attached hydrogens (tertiary/aromatic N) is 2. The highest BCUT2D eigenvalue weighted by Crippen LogP contribution is 2.31. The predicted molar refractivity (Wildman–Crippen MR) is 93.1 cm³/mol. The van der Waals surface area contributed by atoms with E-state index in [-0.39, 0.29) is 11.5 Å². The van der Waals surface area contributed by atoms with Crippen molar-refractivity contribution in [2.24, 2.45) is 0 Å². The number of benzene rings is 1. The topological polar surface area (TPSA) is 98.2 Å². The quantitative estimate of drug-likeness (QED) is 0.772. The Morgan fingerprint density at radius 2 is 2.00 bits per heavy atom. The van der Waals surface area contributed by atoms with Gasteiger partial charge in [-0.15, -0.1) is 0 Å². The van der Waals surface area contributed by atoms with Gasteiger partial charge in [0, 0.05) is 30.9 Å². The molecule has 0 saturated heterocycles. The van der Waals surface area contributed by atoms with Crippen LogP contribution in [0.5, 0.6) is 0 Å². The van der Waals surface area contributed by atoms with Gasteiger partial charge < -0.3 is 14.3 Å². The fourth-order valence-corrected chi connectivity index (χ4v) is 3.24. The number of amides is 1. The van der Waals surface area contributed by atoms with E-state index in [4.69, 9.17) is 8.94 Å². The van der Waals surface area contributed by atoms with Gasteiger partial charge in [-0.1, -0.05) is 17.3 Å². The number of anilines is 1. The van der Waals surface area contributed by atoms with E-state index in [9.17, 15) is 9.59 Å². The minimum absolute atomic E-state index is 0.0363. The molecule has 1 amide bonds. The van der Waals surface area contributed by atoms with E-state index < -0.39 is 5.91 Å². The predicted octanol–water partition coefficient (Wildman–Crippen LogP) is 3.72. The molecule has 0 fully saturated rings.